The van der Waals surface area contributed by atoms with E-state index in [1.165, 1.54) is 31.4 Å². The molecule has 0 atom stereocenters. The molecule has 0 aromatic heterocycles. The van der Waals surface area contributed by atoms with Gasteiger partial charge in [0.05, 0.1) is 12.7 Å². The first-order valence-electron chi connectivity index (χ1n) is 6.22. The smallest absolute Gasteiger partial charge is 0.231 e. The maximum atomic E-state index is 12.2. The number of hydrogen-bond acceptors (Lipinski definition) is 5. The van der Waals surface area contributed by atoms with Crippen LogP contribution < -0.4 is 9.47 Å². The van der Waals surface area contributed by atoms with Crippen molar-refractivity contribution in [2.24, 2.45) is 0 Å². The molecule has 0 saturated carbocycles. The number of ether oxygens (including phenoxy) is 2. The van der Waals surface area contributed by atoms with Crippen LogP contribution in [0.1, 0.15) is 15.9 Å². The number of benzene rings is 2. The number of ketones is 1. The SMILES string of the molecule is COc1ccc2c(c1)O/C(=C/c1cc(O)cc(O)c1)C2=O. The second-order valence-corrected chi connectivity index (χ2v) is 4.58. The number of allylic oxidation sites excluding steroid dienone is 1. The molecule has 2 N–H and O–H groups in total. The van der Waals surface area contributed by atoms with Crippen LogP contribution in [0.5, 0.6) is 23.0 Å². The van der Waals surface area contributed by atoms with Crippen LogP contribution in [0.25, 0.3) is 6.08 Å². The average molecular weight is 284 g/mol. The van der Waals surface area contributed by atoms with Gasteiger partial charge in [-0.1, -0.05) is 0 Å². The highest BCUT2D eigenvalue weighted by molar-refractivity contribution is 6.14. The number of carbonyl (C=O) groups is 1. The minimum atomic E-state index is -0.254. The standard InChI is InChI=1S/C16H12O5/c1-20-12-2-3-13-14(8-12)21-15(16(13)19)6-9-4-10(17)7-11(18)5-9/h2-8,17-18H,1H3/b15-6+. The van der Waals surface area contributed by atoms with Gasteiger partial charge in [-0.3, -0.25) is 4.79 Å². The molecule has 3 rings (SSSR count). The first kappa shape index (κ1) is 13.1. The molecule has 0 fully saturated rings. The van der Waals surface area contributed by atoms with Crippen molar-refractivity contribution < 1.29 is 24.5 Å². The number of rotatable bonds is 2. The van der Waals surface area contributed by atoms with E-state index < -0.39 is 0 Å². The third-order valence-electron chi connectivity index (χ3n) is 3.10. The van der Waals surface area contributed by atoms with E-state index in [0.717, 1.165) is 0 Å². The third kappa shape index (κ3) is 2.41. The number of phenolic OH excluding ortho intramolecular Hbond substituents is 2. The predicted octanol–water partition coefficient (Wildman–Crippen LogP) is 2.72. The van der Waals surface area contributed by atoms with Gasteiger partial charge in [-0.2, -0.15) is 0 Å². The van der Waals surface area contributed by atoms with E-state index in [0.29, 0.717) is 22.6 Å². The van der Waals surface area contributed by atoms with Crippen LogP contribution in [0, 0.1) is 0 Å². The lowest BCUT2D eigenvalue weighted by atomic mass is 10.1. The molecule has 1 aliphatic rings. The molecule has 1 heterocycles. The lowest BCUT2D eigenvalue weighted by molar-refractivity contribution is 0.101. The third-order valence-corrected chi connectivity index (χ3v) is 3.10. The summed E-state index contributed by atoms with van der Waals surface area (Å²) in [6, 6.07) is 9.01. The molecule has 106 valence electrons. The van der Waals surface area contributed by atoms with E-state index in [-0.39, 0.29) is 23.0 Å². The minimum absolute atomic E-state index is 0.0912. The Labute approximate surface area is 120 Å². The van der Waals surface area contributed by atoms with Crippen molar-refractivity contribution in [1.29, 1.82) is 0 Å². The van der Waals surface area contributed by atoms with Crippen molar-refractivity contribution in [3.63, 3.8) is 0 Å². The summed E-state index contributed by atoms with van der Waals surface area (Å²) in [5.41, 5.74) is 0.919. The van der Waals surface area contributed by atoms with Crippen LogP contribution in [0.4, 0.5) is 0 Å². The molecular weight excluding hydrogens is 272 g/mol. The van der Waals surface area contributed by atoms with Crippen LogP contribution in [-0.4, -0.2) is 23.1 Å². The summed E-state index contributed by atoms with van der Waals surface area (Å²) in [4.78, 5) is 12.2. The number of carbonyl (C=O) groups excluding carboxylic acids is 1. The molecular formula is C16H12O5. The van der Waals surface area contributed by atoms with Crippen LogP contribution in [0.2, 0.25) is 0 Å². The highest BCUT2D eigenvalue weighted by atomic mass is 16.5. The van der Waals surface area contributed by atoms with E-state index in [1.807, 2.05) is 0 Å². The first-order valence-corrected chi connectivity index (χ1v) is 6.22. The van der Waals surface area contributed by atoms with Crippen LogP contribution >= 0.6 is 0 Å². The highest BCUT2D eigenvalue weighted by Gasteiger charge is 2.27. The molecule has 0 bridgehead atoms. The van der Waals surface area contributed by atoms with Gasteiger partial charge >= 0.3 is 0 Å². The summed E-state index contributed by atoms with van der Waals surface area (Å²) in [5.74, 6) is 0.712. The van der Waals surface area contributed by atoms with Crippen molar-refractivity contribution in [1.82, 2.24) is 0 Å². The molecule has 0 unspecified atom stereocenters. The molecule has 5 nitrogen and oxygen atoms in total. The molecule has 0 saturated heterocycles. The zero-order chi connectivity index (χ0) is 15.0. The fraction of sp³-hybridized carbons (Fsp3) is 0.0625. The van der Waals surface area contributed by atoms with Crippen molar-refractivity contribution >= 4 is 11.9 Å². The minimum Gasteiger partial charge on any atom is -0.508 e. The zero-order valence-electron chi connectivity index (χ0n) is 11.2. The average Bonchev–Trinajstić information content (AvgIpc) is 2.73. The van der Waals surface area contributed by atoms with Gasteiger partial charge in [0.15, 0.2) is 5.76 Å². The van der Waals surface area contributed by atoms with Crippen molar-refractivity contribution in [2.45, 2.75) is 0 Å². The van der Waals surface area contributed by atoms with E-state index in [9.17, 15) is 15.0 Å². The lowest BCUT2D eigenvalue weighted by Gasteiger charge is -2.02. The predicted molar refractivity (Wildman–Crippen MR) is 75.7 cm³/mol. The molecule has 1 aliphatic heterocycles. The molecule has 0 amide bonds. The monoisotopic (exact) mass is 284 g/mol. The second-order valence-electron chi connectivity index (χ2n) is 4.58. The summed E-state index contributed by atoms with van der Waals surface area (Å²) in [5, 5.41) is 18.9. The van der Waals surface area contributed by atoms with Crippen LogP contribution in [0.3, 0.4) is 0 Å². The van der Waals surface area contributed by atoms with Gasteiger partial charge in [0.2, 0.25) is 5.78 Å². The number of aromatic hydroxyl groups is 2. The van der Waals surface area contributed by atoms with Gasteiger partial charge in [0, 0.05) is 12.1 Å². The molecule has 2 aromatic carbocycles. The highest BCUT2D eigenvalue weighted by Crippen LogP contribution is 2.35. The van der Waals surface area contributed by atoms with Gasteiger partial charge in [0.1, 0.15) is 23.0 Å². The summed E-state index contributed by atoms with van der Waals surface area (Å²) in [7, 11) is 1.53. The van der Waals surface area contributed by atoms with Gasteiger partial charge in [-0.15, -0.1) is 0 Å². The van der Waals surface area contributed by atoms with Gasteiger partial charge in [-0.25, -0.2) is 0 Å². The summed E-state index contributed by atoms with van der Waals surface area (Å²) in [6.07, 6.45) is 1.47. The fourth-order valence-electron chi connectivity index (χ4n) is 2.15. The topological polar surface area (TPSA) is 76.0 Å². The Kier molecular flexibility index (Phi) is 3.02. The number of hydrogen-bond donors (Lipinski definition) is 2. The van der Waals surface area contributed by atoms with Gasteiger partial charge in [-0.05, 0) is 35.9 Å². The normalized spacial score (nSPS) is 14.9. The van der Waals surface area contributed by atoms with Crippen LogP contribution in [0.15, 0.2) is 42.2 Å². The Morgan fingerprint density at radius 1 is 1.10 bits per heavy atom. The van der Waals surface area contributed by atoms with Gasteiger partial charge in [0.25, 0.3) is 0 Å². The van der Waals surface area contributed by atoms with Crippen LogP contribution in [-0.2, 0) is 0 Å². The Morgan fingerprint density at radius 2 is 1.81 bits per heavy atom. The lowest BCUT2D eigenvalue weighted by Crippen LogP contribution is -1.97. The van der Waals surface area contributed by atoms with Gasteiger partial charge < -0.3 is 19.7 Å². The number of fused-ring (bicyclic) bond motifs is 1. The molecule has 0 radical (unpaired) electrons. The van der Waals surface area contributed by atoms with E-state index in [1.54, 1.807) is 18.2 Å². The molecule has 21 heavy (non-hydrogen) atoms. The molecule has 5 heteroatoms. The zero-order valence-corrected chi connectivity index (χ0v) is 11.2. The molecule has 0 aliphatic carbocycles. The van der Waals surface area contributed by atoms with Crippen molar-refractivity contribution in [3.05, 3.63) is 53.3 Å². The maximum absolute atomic E-state index is 12.2. The second kappa shape index (κ2) is 4.86. The molecule has 2 aromatic rings. The van der Waals surface area contributed by atoms with E-state index in [4.69, 9.17) is 9.47 Å². The Balaban J connectivity index is 1.98. The summed E-state index contributed by atoms with van der Waals surface area (Å²) in [6.45, 7) is 0. The number of phenols is 2. The van der Waals surface area contributed by atoms with Crippen molar-refractivity contribution in [2.75, 3.05) is 7.11 Å². The van der Waals surface area contributed by atoms with E-state index >= 15 is 0 Å². The Bertz CT molecular complexity index is 741. The number of methoxy groups -OCH3 is 1. The Hall–Kier alpha value is -2.95. The summed E-state index contributed by atoms with van der Waals surface area (Å²) < 4.78 is 10.6. The van der Waals surface area contributed by atoms with Crippen molar-refractivity contribution in [3.8, 4) is 23.0 Å². The largest absolute Gasteiger partial charge is 0.508 e. The van der Waals surface area contributed by atoms with E-state index in [2.05, 4.69) is 0 Å². The quantitative estimate of drug-likeness (QED) is 0.829. The first-order chi connectivity index (χ1) is 10.1. The maximum Gasteiger partial charge on any atom is 0.231 e. The molecule has 0 spiro atoms. The fourth-order valence-corrected chi connectivity index (χ4v) is 2.15. The number of Topliss-reactive ketones (excluding diaryl/α,β-unsaturated/α-hetero) is 1. The Morgan fingerprint density at radius 3 is 2.48 bits per heavy atom. The summed E-state index contributed by atoms with van der Waals surface area (Å²) >= 11 is 0.